The molecule has 1 N–H and O–H groups in total. The summed E-state index contributed by atoms with van der Waals surface area (Å²) in [6.45, 7) is 13.3. The molecule has 0 radical (unpaired) electrons. The molecule has 0 bridgehead atoms. The van der Waals surface area contributed by atoms with Crippen LogP contribution in [0.15, 0.2) is 0 Å². The predicted octanol–water partition coefficient (Wildman–Crippen LogP) is 4.83. The first-order chi connectivity index (χ1) is 11.8. The van der Waals surface area contributed by atoms with E-state index in [0.717, 1.165) is 37.9 Å². The van der Waals surface area contributed by atoms with E-state index in [1.165, 1.54) is 38.5 Å². The van der Waals surface area contributed by atoms with Gasteiger partial charge in [-0.1, -0.05) is 26.7 Å². The lowest BCUT2D eigenvalue weighted by molar-refractivity contribution is 0.0161. The molecule has 1 aliphatic heterocycles. The molecule has 1 heterocycles. The maximum absolute atomic E-state index is 12.3. The van der Waals surface area contributed by atoms with Crippen molar-refractivity contribution in [1.29, 1.82) is 0 Å². The van der Waals surface area contributed by atoms with Crippen molar-refractivity contribution in [2.24, 2.45) is 17.8 Å². The van der Waals surface area contributed by atoms with Crippen molar-refractivity contribution in [3.05, 3.63) is 0 Å². The summed E-state index contributed by atoms with van der Waals surface area (Å²) in [4.78, 5) is 14.2. The molecule has 1 amide bonds. The van der Waals surface area contributed by atoms with Crippen molar-refractivity contribution >= 4 is 6.09 Å². The number of hydrogen-bond acceptors (Lipinski definition) is 3. The van der Waals surface area contributed by atoms with Crippen LogP contribution in [0, 0.1) is 17.8 Å². The highest BCUT2D eigenvalue weighted by atomic mass is 16.6. The first-order valence-electron chi connectivity index (χ1n) is 10.5. The van der Waals surface area contributed by atoms with Crippen molar-refractivity contribution in [2.45, 2.75) is 91.2 Å². The monoisotopic (exact) mass is 352 g/mol. The van der Waals surface area contributed by atoms with E-state index >= 15 is 0 Å². The van der Waals surface area contributed by atoms with Gasteiger partial charge in [0.1, 0.15) is 5.60 Å². The third kappa shape index (κ3) is 6.80. The Bertz CT molecular complexity index is 417. The molecule has 0 aromatic heterocycles. The zero-order valence-electron chi connectivity index (χ0n) is 17.1. The normalized spacial score (nSPS) is 28.2. The Labute approximate surface area is 155 Å². The fourth-order valence-corrected chi connectivity index (χ4v) is 4.48. The molecule has 0 aromatic carbocycles. The van der Waals surface area contributed by atoms with Crippen LogP contribution in [-0.4, -0.2) is 42.3 Å². The molecule has 2 fully saturated rings. The number of carbonyl (C=O) groups excluding carboxylic acids is 1. The summed E-state index contributed by atoms with van der Waals surface area (Å²) in [6, 6.07) is 0.694. The third-order valence-corrected chi connectivity index (χ3v) is 5.81. The molecule has 1 saturated carbocycles. The van der Waals surface area contributed by atoms with E-state index in [0.29, 0.717) is 12.0 Å². The second-order valence-electron chi connectivity index (χ2n) is 9.48. The van der Waals surface area contributed by atoms with Gasteiger partial charge in [-0.2, -0.15) is 0 Å². The number of nitrogens with one attached hydrogen (secondary N) is 1. The van der Waals surface area contributed by atoms with E-state index in [-0.39, 0.29) is 6.09 Å². The summed E-state index contributed by atoms with van der Waals surface area (Å²) in [5.41, 5.74) is -0.404. The molecule has 1 saturated heterocycles. The summed E-state index contributed by atoms with van der Waals surface area (Å²) in [6.07, 6.45) is 8.84. The van der Waals surface area contributed by atoms with Crippen molar-refractivity contribution in [3.8, 4) is 0 Å². The van der Waals surface area contributed by atoms with Crippen LogP contribution in [0.2, 0.25) is 0 Å². The minimum Gasteiger partial charge on any atom is -0.444 e. The fourth-order valence-electron chi connectivity index (χ4n) is 4.48. The highest BCUT2D eigenvalue weighted by Gasteiger charge is 2.29. The van der Waals surface area contributed by atoms with Gasteiger partial charge >= 0.3 is 6.09 Å². The van der Waals surface area contributed by atoms with Crippen LogP contribution in [0.1, 0.15) is 79.6 Å². The van der Waals surface area contributed by atoms with Crippen molar-refractivity contribution in [1.82, 2.24) is 10.2 Å². The Kier molecular flexibility index (Phi) is 7.60. The summed E-state index contributed by atoms with van der Waals surface area (Å²) in [5.74, 6) is 2.21. The van der Waals surface area contributed by atoms with Crippen LogP contribution in [-0.2, 0) is 4.74 Å². The summed E-state index contributed by atoms with van der Waals surface area (Å²) in [5, 5.41) is 3.85. The van der Waals surface area contributed by atoms with Crippen LogP contribution < -0.4 is 5.32 Å². The number of nitrogens with zero attached hydrogens (tertiary/aromatic N) is 1. The Morgan fingerprint density at radius 1 is 1.16 bits per heavy atom. The van der Waals surface area contributed by atoms with E-state index in [2.05, 4.69) is 19.2 Å². The molecule has 0 spiro atoms. The first-order valence-corrected chi connectivity index (χ1v) is 10.5. The van der Waals surface area contributed by atoms with Gasteiger partial charge in [0, 0.05) is 19.1 Å². The summed E-state index contributed by atoms with van der Waals surface area (Å²) >= 11 is 0. The van der Waals surface area contributed by atoms with E-state index in [1.807, 2.05) is 25.7 Å². The van der Waals surface area contributed by atoms with E-state index in [9.17, 15) is 4.79 Å². The predicted molar refractivity (Wildman–Crippen MR) is 104 cm³/mol. The van der Waals surface area contributed by atoms with Gasteiger partial charge in [0.25, 0.3) is 0 Å². The zero-order valence-corrected chi connectivity index (χ0v) is 17.1. The van der Waals surface area contributed by atoms with E-state index in [1.54, 1.807) is 0 Å². The molecule has 2 rings (SSSR count). The number of piperidine rings is 1. The number of hydrogen-bond donors (Lipinski definition) is 1. The number of ether oxygens (including phenoxy) is 1. The molecule has 3 unspecified atom stereocenters. The SMILES string of the molecule is CC(C)C1CCCCC1NCCC1CCCN(C(=O)OC(C)(C)C)C1. The van der Waals surface area contributed by atoms with Gasteiger partial charge in [-0.3, -0.25) is 0 Å². The van der Waals surface area contributed by atoms with Crippen LogP contribution in [0.25, 0.3) is 0 Å². The number of rotatable bonds is 5. The average molecular weight is 353 g/mol. The minimum atomic E-state index is -0.404. The molecule has 2 aliphatic rings. The van der Waals surface area contributed by atoms with Crippen LogP contribution in [0.4, 0.5) is 4.79 Å². The van der Waals surface area contributed by atoms with Gasteiger partial charge in [-0.05, 0) is 77.2 Å². The fraction of sp³-hybridized carbons (Fsp3) is 0.952. The van der Waals surface area contributed by atoms with Gasteiger partial charge < -0.3 is 15.0 Å². The number of carbonyl (C=O) groups is 1. The molecule has 25 heavy (non-hydrogen) atoms. The van der Waals surface area contributed by atoms with Gasteiger partial charge in [0.2, 0.25) is 0 Å². The minimum absolute atomic E-state index is 0.141. The molecule has 4 heteroatoms. The lowest BCUT2D eigenvalue weighted by Gasteiger charge is -2.36. The zero-order chi connectivity index (χ0) is 18.4. The largest absolute Gasteiger partial charge is 0.444 e. The lowest BCUT2D eigenvalue weighted by Crippen LogP contribution is -2.44. The quantitative estimate of drug-likeness (QED) is 0.770. The maximum atomic E-state index is 12.3. The van der Waals surface area contributed by atoms with Crippen molar-refractivity contribution in [2.75, 3.05) is 19.6 Å². The molecule has 0 aromatic rings. The first kappa shape index (κ1) is 20.5. The molecular weight excluding hydrogens is 312 g/mol. The Morgan fingerprint density at radius 2 is 1.88 bits per heavy atom. The standard InChI is InChI=1S/C21H40N2O2/c1-16(2)18-10-6-7-11-19(18)22-13-12-17-9-8-14-23(15-17)20(24)25-21(3,4)5/h16-19,22H,6-15H2,1-5H3. The van der Waals surface area contributed by atoms with E-state index < -0.39 is 5.60 Å². The highest BCUT2D eigenvalue weighted by Crippen LogP contribution is 2.30. The molecule has 4 nitrogen and oxygen atoms in total. The van der Waals surface area contributed by atoms with Gasteiger partial charge in [-0.15, -0.1) is 0 Å². The topological polar surface area (TPSA) is 41.6 Å². The number of likely N-dealkylation sites (tertiary alicyclic amines) is 1. The maximum Gasteiger partial charge on any atom is 0.410 e. The Hall–Kier alpha value is -0.770. The van der Waals surface area contributed by atoms with Gasteiger partial charge in [0.15, 0.2) is 0 Å². The highest BCUT2D eigenvalue weighted by molar-refractivity contribution is 5.68. The number of amides is 1. The smallest absolute Gasteiger partial charge is 0.410 e. The van der Waals surface area contributed by atoms with Crippen LogP contribution in [0.5, 0.6) is 0 Å². The molecule has 3 atom stereocenters. The second kappa shape index (κ2) is 9.25. The Morgan fingerprint density at radius 3 is 2.56 bits per heavy atom. The molecular formula is C21H40N2O2. The third-order valence-electron chi connectivity index (χ3n) is 5.81. The molecule has 146 valence electrons. The van der Waals surface area contributed by atoms with Crippen LogP contribution in [0.3, 0.4) is 0 Å². The molecule has 1 aliphatic carbocycles. The average Bonchev–Trinajstić information content (AvgIpc) is 2.54. The second-order valence-corrected chi connectivity index (χ2v) is 9.48. The van der Waals surface area contributed by atoms with Crippen molar-refractivity contribution in [3.63, 3.8) is 0 Å². The van der Waals surface area contributed by atoms with Crippen LogP contribution >= 0.6 is 0 Å². The Balaban J connectivity index is 1.74. The van der Waals surface area contributed by atoms with Gasteiger partial charge in [0.05, 0.1) is 0 Å². The van der Waals surface area contributed by atoms with E-state index in [4.69, 9.17) is 4.74 Å². The summed E-state index contributed by atoms with van der Waals surface area (Å²) < 4.78 is 5.54. The summed E-state index contributed by atoms with van der Waals surface area (Å²) in [7, 11) is 0. The lowest BCUT2D eigenvalue weighted by atomic mass is 9.78. The van der Waals surface area contributed by atoms with Gasteiger partial charge in [-0.25, -0.2) is 4.79 Å². The van der Waals surface area contributed by atoms with Crippen molar-refractivity contribution < 1.29 is 9.53 Å².